The molecule has 1 saturated heterocycles. The van der Waals surface area contributed by atoms with Gasteiger partial charge in [-0.25, -0.2) is 0 Å². The van der Waals surface area contributed by atoms with Gasteiger partial charge in [-0.15, -0.1) is 0 Å². The first-order chi connectivity index (χ1) is 10.7. The first-order valence-electron chi connectivity index (χ1n) is 7.87. The lowest BCUT2D eigenvalue weighted by molar-refractivity contribution is -0.173. The van der Waals surface area contributed by atoms with Crippen LogP contribution in [0.3, 0.4) is 0 Å². The summed E-state index contributed by atoms with van der Waals surface area (Å²) in [6, 6.07) is -0.704. The summed E-state index contributed by atoms with van der Waals surface area (Å²) in [5.74, 6) is 0.436. The van der Waals surface area contributed by atoms with Crippen molar-refractivity contribution in [3.05, 3.63) is 0 Å². The van der Waals surface area contributed by atoms with Gasteiger partial charge < -0.3 is 25.4 Å². The molecule has 0 aliphatic carbocycles. The molecule has 1 fully saturated rings. The van der Waals surface area contributed by atoms with Crippen molar-refractivity contribution >= 4 is 35.0 Å². The van der Waals surface area contributed by atoms with E-state index in [0.717, 1.165) is 18.7 Å². The lowest BCUT2D eigenvalue weighted by Gasteiger charge is -2.42. The minimum Gasteiger partial charge on any atom is -0.394 e. The first-order valence-corrected chi connectivity index (χ1v) is 9.90. The molecule has 1 amide bonds. The number of rotatable bonds is 8. The van der Waals surface area contributed by atoms with Gasteiger partial charge in [-0.2, -0.15) is 23.2 Å². The third-order valence-corrected chi connectivity index (χ3v) is 6.52. The molecular formula is C14H28BNO5S2. The van der Waals surface area contributed by atoms with Gasteiger partial charge >= 0.3 is 0 Å². The Hall–Kier alpha value is 0.0749. The second kappa shape index (κ2) is 9.53. The second-order valence-corrected chi connectivity index (χ2v) is 9.51. The maximum absolute atomic E-state index is 11.4. The lowest BCUT2D eigenvalue weighted by Crippen LogP contribution is -2.63. The Bertz CT molecular complexity index is 388. The van der Waals surface area contributed by atoms with Crippen molar-refractivity contribution in [1.29, 1.82) is 0 Å². The third-order valence-electron chi connectivity index (χ3n) is 3.78. The summed E-state index contributed by atoms with van der Waals surface area (Å²) < 4.78 is 5.83. The normalized spacial score (nSPS) is 31.7. The fourth-order valence-electron chi connectivity index (χ4n) is 2.55. The Morgan fingerprint density at radius 2 is 2.00 bits per heavy atom. The molecule has 6 nitrogen and oxygen atoms in total. The summed E-state index contributed by atoms with van der Waals surface area (Å²) in [5.41, 5.74) is -0.514. The van der Waals surface area contributed by atoms with E-state index < -0.39 is 29.8 Å². The third kappa shape index (κ3) is 6.47. The van der Waals surface area contributed by atoms with Crippen LogP contribution in [0.25, 0.3) is 0 Å². The van der Waals surface area contributed by atoms with Crippen molar-refractivity contribution in [3.63, 3.8) is 0 Å². The number of carbonyl (C=O) groups excluding carboxylic acids is 1. The van der Waals surface area contributed by atoms with E-state index in [9.17, 15) is 20.1 Å². The summed E-state index contributed by atoms with van der Waals surface area (Å²) in [4.78, 5) is 11.4. The maximum atomic E-state index is 11.4. The molecule has 0 aromatic carbocycles. The molecule has 0 spiro atoms. The van der Waals surface area contributed by atoms with Gasteiger partial charge in [-0.05, 0) is 6.42 Å². The first kappa shape index (κ1) is 21.1. The van der Waals surface area contributed by atoms with Gasteiger partial charge in [0.25, 0.3) is 5.84 Å². The van der Waals surface area contributed by atoms with Crippen LogP contribution >= 0.6 is 23.2 Å². The van der Waals surface area contributed by atoms with Crippen LogP contribution in [0.1, 0.15) is 40.5 Å². The zero-order valence-corrected chi connectivity index (χ0v) is 15.8. The van der Waals surface area contributed by atoms with E-state index in [1.807, 2.05) is 0 Å². The van der Waals surface area contributed by atoms with Crippen molar-refractivity contribution in [2.45, 2.75) is 75.1 Å². The Balaban J connectivity index is 2.68. The number of aliphatic hydroxyl groups excluding tert-OH is 3. The van der Waals surface area contributed by atoms with Crippen LogP contribution in [-0.4, -0.2) is 68.2 Å². The second-order valence-electron chi connectivity index (χ2n) is 6.37. The highest BCUT2D eigenvalue weighted by molar-refractivity contribution is 8.51. The van der Waals surface area contributed by atoms with E-state index in [4.69, 9.17) is 4.74 Å². The predicted molar refractivity (Wildman–Crippen MR) is 96.7 cm³/mol. The highest BCUT2D eigenvalue weighted by Crippen LogP contribution is 2.34. The Morgan fingerprint density at radius 3 is 2.52 bits per heavy atom. The largest absolute Gasteiger partial charge is 0.394 e. The van der Waals surface area contributed by atoms with Crippen LogP contribution in [0, 0.1) is 0 Å². The topological polar surface area (TPSA) is 99.0 Å². The van der Waals surface area contributed by atoms with Gasteiger partial charge in [0.2, 0.25) is 5.91 Å². The predicted octanol–water partition coefficient (Wildman–Crippen LogP) is 0.242. The molecule has 23 heavy (non-hydrogen) atoms. The molecule has 1 aliphatic rings. The molecular weight excluding hydrogens is 337 g/mol. The molecule has 1 rings (SSSR count). The van der Waals surface area contributed by atoms with Gasteiger partial charge in [0, 0.05) is 11.7 Å². The SMILES string of the molecule is CCCC(C)(C)SBSC1OC(CO)C(O)C(O)C1NC(C)=O. The van der Waals surface area contributed by atoms with E-state index in [2.05, 4.69) is 26.1 Å². The smallest absolute Gasteiger partial charge is 0.260 e. The van der Waals surface area contributed by atoms with Crippen LogP contribution < -0.4 is 5.32 Å². The van der Waals surface area contributed by atoms with Crippen molar-refractivity contribution < 1.29 is 24.9 Å². The molecule has 5 atom stereocenters. The number of ether oxygens (including phenoxy) is 1. The van der Waals surface area contributed by atoms with Gasteiger partial charge in [0.15, 0.2) is 0 Å². The molecule has 9 heteroatoms. The molecule has 0 radical (unpaired) electrons. The zero-order valence-electron chi connectivity index (χ0n) is 14.2. The minimum absolute atomic E-state index is 0.147. The summed E-state index contributed by atoms with van der Waals surface area (Å²) in [7, 11) is 0. The van der Waals surface area contributed by atoms with Crippen LogP contribution in [0.15, 0.2) is 0 Å². The monoisotopic (exact) mass is 365 g/mol. The van der Waals surface area contributed by atoms with E-state index in [1.54, 1.807) is 11.6 Å². The highest BCUT2D eigenvalue weighted by Gasteiger charge is 2.44. The van der Waals surface area contributed by atoms with E-state index in [1.165, 1.54) is 18.5 Å². The molecule has 0 aromatic rings. The van der Waals surface area contributed by atoms with E-state index in [0.29, 0.717) is 0 Å². The number of carbonyl (C=O) groups is 1. The van der Waals surface area contributed by atoms with Crippen molar-refractivity contribution in [2.75, 3.05) is 6.61 Å². The van der Waals surface area contributed by atoms with Crippen LogP contribution in [0.4, 0.5) is 0 Å². The van der Waals surface area contributed by atoms with Crippen molar-refractivity contribution in [2.24, 2.45) is 0 Å². The van der Waals surface area contributed by atoms with Crippen LogP contribution in [-0.2, 0) is 9.53 Å². The molecule has 134 valence electrons. The fraction of sp³-hybridized carbons (Fsp3) is 0.929. The minimum atomic E-state index is -1.22. The molecule has 0 aromatic heterocycles. The van der Waals surface area contributed by atoms with Crippen molar-refractivity contribution in [3.8, 4) is 0 Å². The Morgan fingerprint density at radius 1 is 1.35 bits per heavy atom. The van der Waals surface area contributed by atoms with Crippen LogP contribution in [0.2, 0.25) is 0 Å². The number of amides is 1. The highest BCUT2D eigenvalue weighted by atomic mass is 32.2. The number of nitrogens with one attached hydrogen (secondary N) is 1. The van der Waals surface area contributed by atoms with Gasteiger partial charge in [-0.1, -0.05) is 27.2 Å². The van der Waals surface area contributed by atoms with Gasteiger partial charge in [0.05, 0.1) is 12.6 Å². The quantitative estimate of drug-likeness (QED) is 0.458. The fourth-order valence-corrected chi connectivity index (χ4v) is 5.64. The Labute approximate surface area is 147 Å². The molecule has 0 bridgehead atoms. The van der Waals surface area contributed by atoms with Gasteiger partial charge in [-0.3, -0.25) is 4.79 Å². The summed E-state index contributed by atoms with van der Waals surface area (Å²) in [6.07, 6.45) is -1.04. The summed E-state index contributed by atoms with van der Waals surface area (Å²) in [6.45, 7) is 7.50. The van der Waals surface area contributed by atoms with E-state index >= 15 is 0 Å². The van der Waals surface area contributed by atoms with Crippen LogP contribution in [0.5, 0.6) is 0 Å². The molecule has 1 aliphatic heterocycles. The lowest BCUT2D eigenvalue weighted by atomic mass is 9.98. The standard InChI is InChI=1S/C14H28BNO5S2/c1-5-6-14(3,4)23-15-22-13-10(16-8(2)18)12(20)11(19)9(7-17)21-13/h9-13,15,17,19-20H,5-7H2,1-4H3,(H,16,18). The maximum Gasteiger partial charge on any atom is 0.260 e. The van der Waals surface area contributed by atoms with Crippen molar-refractivity contribution in [1.82, 2.24) is 5.32 Å². The zero-order chi connectivity index (χ0) is 17.6. The molecule has 4 N–H and O–H groups in total. The molecule has 0 saturated carbocycles. The molecule has 1 heterocycles. The van der Waals surface area contributed by atoms with Gasteiger partial charge in [0.1, 0.15) is 23.7 Å². The van der Waals surface area contributed by atoms with E-state index in [-0.39, 0.29) is 17.3 Å². The average Bonchev–Trinajstić information content (AvgIpc) is 2.45. The number of hydrogen-bond donors (Lipinski definition) is 4. The number of aliphatic hydroxyl groups is 3. The summed E-state index contributed by atoms with van der Waals surface area (Å²) in [5, 5.41) is 32.1. The number of hydrogen-bond acceptors (Lipinski definition) is 7. The summed E-state index contributed by atoms with van der Waals surface area (Å²) >= 11 is 3.26. The average molecular weight is 365 g/mol. The molecule has 5 unspecified atom stereocenters. The Kier molecular flexibility index (Phi) is 8.75.